The first-order valence-corrected chi connectivity index (χ1v) is 12.8. The van der Waals surface area contributed by atoms with E-state index >= 15 is 0 Å². The second-order valence-corrected chi connectivity index (χ2v) is 10.6. The molecule has 3 heterocycles. The lowest BCUT2D eigenvalue weighted by Gasteiger charge is -2.30. The molecule has 1 fully saturated rings. The predicted octanol–water partition coefficient (Wildman–Crippen LogP) is 4.06. The molecule has 3 aromatic heterocycles. The van der Waals surface area contributed by atoms with Crippen LogP contribution in [0.25, 0.3) is 16.9 Å². The number of fused-ring (bicyclic) bond motifs is 1. The number of hydrogen-bond donors (Lipinski definition) is 3. The van der Waals surface area contributed by atoms with Gasteiger partial charge in [0.2, 0.25) is 0 Å². The number of carbonyl (C=O) groups excluding carboxylic acids is 2. The van der Waals surface area contributed by atoms with Crippen molar-refractivity contribution in [3.63, 3.8) is 0 Å². The van der Waals surface area contributed by atoms with Crippen LogP contribution in [0.5, 0.6) is 0 Å². The highest BCUT2D eigenvalue weighted by Crippen LogP contribution is 2.31. The Balaban J connectivity index is 1.61. The summed E-state index contributed by atoms with van der Waals surface area (Å²) in [5.74, 6) is 0.0768. The van der Waals surface area contributed by atoms with Gasteiger partial charge in [0.15, 0.2) is 0 Å². The molecule has 0 aromatic carbocycles. The van der Waals surface area contributed by atoms with Crippen LogP contribution in [-0.2, 0) is 4.79 Å². The van der Waals surface area contributed by atoms with Gasteiger partial charge in [0.25, 0.3) is 5.91 Å². The summed E-state index contributed by atoms with van der Waals surface area (Å²) < 4.78 is 16.0. The summed E-state index contributed by atoms with van der Waals surface area (Å²) in [6.07, 6.45) is 5.43. The fraction of sp³-hybridized carbons (Fsp3) is 0.464. The fourth-order valence-electron chi connectivity index (χ4n) is 4.81. The molecule has 1 saturated carbocycles. The van der Waals surface area contributed by atoms with Crippen LogP contribution >= 0.6 is 0 Å². The summed E-state index contributed by atoms with van der Waals surface area (Å²) in [6.45, 7) is 3.99. The number of ketones is 1. The Bertz CT molecular complexity index is 1370. The maximum Gasteiger partial charge on any atom is 0.255 e. The van der Waals surface area contributed by atoms with Crippen molar-refractivity contribution in [1.29, 1.82) is 5.26 Å². The van der Waals surface area contributed by atoms with Gasteiger partial charge in [0.1, 0.15) is 18.0 Å². The van der Waals surface area contributed by atoms with Crippen molar-refractivity contribution in [2.75, 3.05) is 11.9 Å². The monoisotopic (exact) mass is 520 g/mol. The predicted molar refractivity (Wildman–Crippen MR) is 141 cm³/mol. The molecule has 10 heteroatoms. The summed E-state index contributed by atoms with van der Waals surface area (Å²) in [5.41, 5.74) is 1.70. The standard InChI is InChI=1S/C28H33FN6O3/c1-17(36)10-18-4-6-20(7-5-18)34-23-12-24(25-9-8-21-11-19(13-30)14-33-35(21)25)31-15-22(23)27(37)32-16-26(29)28(2,3)38/h8-9,11-12,14-15,18,20,26,38H,4-7,10,16H2,1-3H3,(H,31,34)(H,32,37)/t18?,20?,26-/m1/s1. The van der Waals surface area contributed by atoms with Crippen LogP contribution in [0.15, 0.2) is 36.7 Å². The number of aromatic nitrogens is 3. The van der Waals surface area contributed by atoms with Crippen LogP contribution in [0.3, 0.4) is 0 Å². The van der Waals surface area contributed by atoms with Gasteiger partial charge in [0.05, 0.1) is 52.1 Å². The van der Waals surface area contributed by atoms with Crippen molar-refractivity contribution in [2.45, 2.75) is 70.7 Å². The van der Waals surface area contributed by atoms with Crippen LogP contribution in [0, 0.1) is 17.2 Å². The van der Waals surface area contributed by atoms with Crippen LogP contribution in [0.2, 0.25) is 0 Å². The van der Waals surface area contributed by atoms with E-state index in [1.807, 2.05) is 12.1 Å². The van der Waals surface area contributed by atoms with Gasteiger partial charge in [-0.2, -0.15) is 10.4 Å². The highest BCUT2D eigenvalue weighted by atomic mass is 19.1. The molecular formula is C28H33FN6O3. The molecule has 0 radical (unpaired) electrons. The Morgan fingerprint density at radius 1 is 1.24 bits per heavy atom. The van der Waals surface area contributed by atoms with Crippen molar-refractivity contribution >= 4 is 22.9 Å². The van der Waals surface area contributed by atoms with Crippen molar-refractivity contribution in [3.05, 3.63) is 47.8 Å². The number of pyridine rings is 1. The van der Waals surface area contributed by atoms with Crippen molar-refractivity contribution in [3.8, 4) is 17.5 Å². The van der Waals surface area contributed by atoms with E-state index in [-0.39, 0.29) is 23.9 Å². The molecule has 200 valence electrons. The summed E-state index contributed by atoms with van der Waals surface area (Å²) in [7, 11) is 0. The lowest BCUT2D eigenvalue weighted by Crippen LogP contribution is -2.42. The Hall–Kier alpha value is -3.84. The fourth-order valence-corrected chi connectivity index (χ4v) is 4.81. The van der Waals surface area contributed by atoms with Gasteiger partial charge in [0, 0.05) is 18.7 Å². The Labute approximate surface area is 221 Å². The third kappa shape index (κ3) is 6.34. The summed E-state index contributed by atoms with van der Waals surface area (Å²) >= 11 is 0. The molecule has 1 aliphatic rings. The van der Waals surface area contributed by atoms with Crippen LogP contribution in [0.1, 0.15) is 68.8 Å². The molecule has 0 spiro atoms. The van der Waals surface area contributed by atoms with Crippen molar-refractivity contribution in [2.24, 2.45) is 5.92 Å². The zero-order chi connectivity index (χ0) is 27.4. The van der Waals surface area contributed by atoms with E-state index < -0.39 is 17.7 Å². The van der Waals surface area contributed by atoms with E-state index in [0.29, 0.717) is 35.0 Å². The van der Waals surface area contributed by atoms with E-state index in [4.69, 9.17) is 5.26 Å². The van der Waals surface area contributed by atoms with E-state index in [2.05, 4.69) is 26.8 Å². The first-order valence-electron chi connectivity index (χ1n) is 12.8. The van der Waals surface area contributed by atoms with Gasteiger partial charge in [-0.15, -0.1) is 0 Å². The number of amides is 1. The number of nitriles is 1. The second kappa shape index (κ2) is 11.3. The number of rotatable bonds is 9. The first kappa shape index (κ1) is 27.2. The maximum atomic E-state index is 14.3. The largest absolute Gasteiger partial charge is 0.387 e. The molecule has 4 rings (SSSR count). The molecule has 0 saturated heterocycles. The quantitative estimate of drug-likeness (QED) is 0.388. The SMILES string of the molecule is CC(=O)CC1CCC(Nc2cc(-c3ccc4cc(C#N)cnn34)ncc2C(=O)NC[C@@H](F)C(C)(C)O)CC1. The van der Waals surface area contributed by atoms with E-state index in [0.717, 1.165) is 31.2 Å². The molecule has 0 bridgehead atoms. The third-order valence-electron chi connectivity index (χ3n) is 7.03. The van der Waals surface area contributed by atoms with Crippen LogP contribution < -0.4 is 10.6 Å². The molecule has 1 atom stereocenters. The van der Waals surface area contributed by atoms with Crippen LogP contribution in [0.4, 0.5) is 10.1 Å². The molecular weight excluding hydrogens is 487 g/mol. The minimum atomic E-state index is -1.64. The average Bonchev–Trinajstić information content (AvgIpc) is 3.30. The Morgan fingerprint density at radius 3 is 2.63 bits per heavy atom. The highest BCUT2D eigenvalue weighted by Gasteiger charge is 2.28. The Kier molecular flexibility index (Phi) is 8.07. The average molecular weight is 521 g/mol. The zero-order valence-electron chi connectivity index (χ0n) is 21.9. The van der Waals surface area contributed by atoms with Crippen molar-refractivity contribution < 1.29 is 19.1 Å². The molecule has 38 heavy (non-hydrogen) atoms. The molecule has 0 unspecified atom stereocenters. The number of nitrogens with one attached hydrogen (secondary N) is 2. The summed E-state index contributed by atoms with van der Waals surface area (Å²) in [6, 6.07) is 9.38. The molecule has 3 N–H and O–H groups in total. The van der Waals surface area contributed by atoms with Gasteiger partial charge in [-0.1, -0.05) is 0 Å². The zero-order valence-corrected chi connectivity index (χ0v) is 21.9. The molecule has 9 nitrogen and oxygen atoms in total. The van der Waals surface area contributed by atoms with Crippen molar-refractivity contribution in [1.82, 2.24) is 19.9 Å². The number of alkyl halides is 1. The maximum absolute atomic E-state index is 14.3. The number of Topliss-reactive ketones (excluding diaryl/α,β-unsaturated/α-hetero) is 1. The van der Waals surface area contributed by atoms with E-state index in [1.165, 1.54) is 26.2 Å². The van der Waals surface area contributed by atoms with Gasteiger partial charge in [-0.05, 0) is 76.6 Å². The number of aliphatic hydroxyl groups is 1. The third-order valence-corrected chi connectivity index (χ3v) is 7.03. The molecule has 1 aliphatic carbocycles. The molecule has 3 aromatic rings. The highest BCUT2D eigenvalue weighted by molar-refractivity contribution is 6.00. The van der Waals surface area contributed by atoms with E-state index in [9.17, 15) is 19.1 Å². The molecule has 1 amide bonds. The van der Waals surface area contributed by atoms with Gasteiger partial charge in [-0.25, -0.2) is 8.91 Å². The van der Waals surface area contributed by atoms with Gasteiger partial charge < -0.3 is 20.5 Å². The second-order valence-electron chi connectivity index (χ2n) is 10.6. The van der Waals surface area contributed by atoms with Gasteiger partial charge in [-0.3, -0.25) is 9.78 Å². The minimum absolute atomic E-state index is 0.102. The topological polar surface area (TPSA) is 132 Å². The number of carbonyl (C=O) groups is 2. The lowest BCUT2D eigenvalue weighted by molar-refractivity contribution is -0.118. The number of halogens is 1. The van der Waals surface area contributed by atoms with Gasteiger partial charge >= 0.3 is 0 Å². The number of nitrogens with zero attached hydrogens (tertiary/aromatic N) is 4. The minimum Gasteiger partial charge on any atom is -0.387 e. The number of hydrogen-bond acceptors (Lipinski definition) is 7. The summed E-state index contributed by atoms with van der Waals surface area (Å²) in [4.78, 5) is 29.1. The number of anilines is 1. The Morgan fingerprint density at radius 2 is 1.97 bits per heavy atom. The lowest BCUT2D eigenvalue weighted by atomic mass is 9.83. The first-order chi connectivity index (χ1) is 18.0. The van der Waals surface area contributed by atoms with Crippen LogP contribution in [-0.4, -0.2) is 55.8 Å². The summed E-state index contributed by atoms with van der Waals surface area (Å²) in [5, 5.41) is 29.5. The smallest absolute Gasteiger partial charge is 0.255 e. The molecule has 0 aliphatic heterocycles. The normalized spacial score (nSPS) is 18.5. The van der Waals surface area contributed by atoms with E-state index in [1.54, 1.807) is 23.6 Å².